The summed E-state index contributed by atoms with van der Waals surface area (Å²) >= 11 is 0. The van der Waals surface area contributed by atoms with E-state index in [1.165, 1.54) is 4.90 Å². The number of likely N-dealkylation sites (N-methyl/N-ethyl adjacent to an activating group) is 1. The van der Waals surface area contributed by atoms with Gasteiger partial charge in [-0.05, 0) is 25.7 Å². The summed E-state index contributed by atoms with van der Waals surface area (Å²) < 4.78 is 30.7. The second kappa shape index (κ2) is 5.83. The van der Waals surface area contributed by atoms with Gasteiger partial charge >= 0.3 is 0 Å². The number of ether oxygens (including phenoxy) is 1. The van der Waals surface area contributed by atoms with E-state index in [2.05, 4.69) is 7.05 Å². The molecule has 0 aliphatic carbocycles. The van der Waals surface area contributed by atoms with Crippen LogP contribution < -0.4 is 10.0 Å². The van der Waals surface area contributed by atoms with Crippen LogP contribution in [0.3, 0.4) is 0 Å². The van der Waals surface area contributed by atoms with Crippen molar-refractivity contribution in [2.75, 3.05) is 33.4 Å². The summed E-state index contributed by atoms with van der Waals surface area (Å²) in [5.41, 5.74) is 0. The van der Waals surface area contributed by atoms with Gasteiger partial charge in [-0.15, -0.1) is 0 Å². The molecule has 0 aromatic heterocycles. The molecule has 106 valence electrons. The van der Waals surface area contributed by atoms with Crippen LogP contribution >= 0.6 is 0 Å². The van der Waals surface area contributed by atoms with Gasteiger partial charge in [0.05, 0.1) is 26.2 Å². The predicted octanol–water partition coefficient (Wildman–Crippen LogP) is -1.65. The largest absolute Gasteiger partial charge is 0.381 e. The second-order valence-corrected chi connectivity index (χ2v) is 6.88. The molecule has 0 aromatic carbocycles. The van der Waals surface area contributed by atoms with E-state index in [9.17, 15) is 8.42 Å². The van der Waals surface area contributed by atoms with E-state index in [0.29, 0.717) is 13.2 Å². The number of hydrogen-bond acceptors (Lipinski definition) is 3. The van der Waals surface area contributed by atoms with Crippen LogP contribution in [0, 0.1) is 0 Å². The third-order valence-electron chi connectivity index (χ3n) is 3.93. The first-order chi connectivity index (χ1) is 8.48. The SMILES string of the molecule is C[NH+]1CCCC(N(C2CCOCC2)S(N)(=O)=O)C1. The van der Waals surface area contributed by atoms with Crippen molar-refractivity contribution in [2.45, 2.75) is 37.8 Å². The maximum Gasteiger partial charge on any atom is 0.277 e. The molecule has 2 heterocycles. The Hall–Kier alpha value is -0.210. The number of quaternary nitrogens is 1. The molecule has 0 amide bonds. The van der Waals surface area contributed by atoms with Crippen molar-refractivity contribution in [1.29, 1.82) is 0 Å². The van der Waals surface area contributed by atoms with Crippen LogP contribution in [-0.4, -0.2) is 58.2 Å². The third kappa shape index (κ3) is 3.42. The molecule has 0 bridgehead atoms. The maximum atomic E-state index is 11.9. The minimum atomic E-state index is -3.62. The van der Waals surface area contributed by atoms with Crippen LogP contribution in [0.25, 0.3) is 0 Å². The van der Waals surface area contributed by atoms with Crippen LogP contribution in [0.4, 0.5) is 0 Å². The Kier molecular flexibility index (Phi) is 4.60. The van der Waals surface area contributed by atoms with E-state index in [0.717, 1.165) is 38.8 Å². The molecule has 0 saturated carbocycles. The predicted molar refractivity (Wildman–Crippen MR) is 68.4 cm³/mol. The Bertz CT molecular complexity index is 368. The summed E-state index contributed by atoms with van der Waals surface area (Å²) in [4.78, 5) is 1.38. The van der Waals surface area contributed by atoms with Crippen molar-refractivity contribution >= 4 is 10.2 Å². The molecule has 2 saturated heterocycles. The average Bonchev–Trinajstić information content (AvgIpc) is 2.28. The molecule has 2 fully saturated rings. The van der Waals surface area contributed by atoms with Crippen molar-refractivity contribution in [2.24, 2.45) is 5.14 Å². The highest BCUT2D eigenvalue weighted by molar-refractivity contribution is 7.86. The van der Waals surface area contributed by atoms with E-state index in [1.807, 2.05) is 0 Å². The molecule has 6 nitrogen and oxygen atoms in total. The lowest BCUT2D eigenvalue weighted by atomic mass is 10.0. The van der Waals surface area contributed by atoms with Gasteiger partial charge in [0.25, 0.3) is 10.2 Å². The van der Waals surface area contributed by atoms with E-state index >= 15 is 0 Å². The fraction of sp³-hybridized carbons (Fsp3) is 1.00. The molecule has 2 aliphatic heterocycles. The highest BCUT2D eigenvalue weighted by Crippen LogP contribution is 2.22. The minimum absolute atomic E-state index is 0.0182. The fourth-order valence-corrected chi connectivity index (χ4v) is 4.34. The number of nitrogens with two attached hydrogens (primary N) is 1. The van der Waals surface area contributed by atoms with Gasteiger partial charge in [-0.2, -0.15) is 12.7 Å². The molecular weight excluding hydrogens is 254 g/mol. The molecule has 2 unspecified atom stereocenters. The van der Waals surface area contributed by atoms with E-state index in [4.69, 9.17) is 9.88 Å². The summed E-state index contributed by atoms with van der Waals surface area (Å²) in [6.45, 7) is 3.23. The highest BCUT2D eigenvalue weighted by Gasteiger charge is 2.38. The molecule has 3 N–H and O–H groups in total. The van der Waals surface area contributed by atoms with Gasteiger partial charge in [-0.25, -0.2) is 5.14 Å². The molecule has 0 spiro atoms. The summed E-state index contributed by atoms with van der Waals surface area (Å²) in [6, 6.07) is 0.0708. The standard InChI is InChI=1S/C11H23N3O3S/c1-13-6-2-3-11(9-13)14(18(12,15)16)10-4-7-17-8-5-10/h10-11H,2-9H2,1H3,(H2,12,15,16)/p+1. The Morgan fingerprint density at radius 1 is 1.22 bits per heavy atom. The lowest BCUT2D eigenvalue weighted by Crippen LogP contribution is -3.11. The lowest BCUT2D eigenvalue weighted by Gasteiger charge is -2.39. The van der Waals surface area contributed by atoms with Crippen LogP contribution in [0.15, 0.2) is 0 Å². The summed E-state index contributed by atoms with van der Waals surface area (Å²) in [5.74, 6) is 0. The average molecular weight is 278 g/mol. The Morgan fingerprint density at radius 3 is 2.44 bits per heavy atom. The summed E-state index contributed by atoms with van der Waals surface area (Å²) in [6.07, 6.45) is 3.49. The summed E-state index contributed by atoms with van der Waals surface area (Å²) in [7, 11) is -1.51. The van der Waals surface area contributed by atoms with Crippen molar-refractivity contribution in [3.05, 3.63) is 0 Å². The molecule has 2 aliphatic rings. The molecule has 2 atom stereocenters. The zero-order valence-corrected chi connectivity index (χ0v) is 11.8. The Morgan fingerprint density at radius 2 is 1.89 bits per heavy atom. The maximum absolute atomic E-state index is 11.9. The van der Waals surface area contributed by atoms with E-state index in [-0.39, 0.29) is 12.1 Å². The molecule has 18 heavy (non-hydrogen) atoms. The monoisotopic (exact) mass is 278 g/mol. The Balaban J connectivity index is 2.14. The van der Waals surface area contributed by atoms with Crippen molar-refractivity contribution < 1.29 is 18.1 Å². The minimum Gasteiger partial charge on any atom is -0.381 e. The molecule has 7 heteroatoms. The summed E-state index contributed by atoms with van der Waals surface area (Å²) in [5, 5.41) is 5.43. The smallest absolute Gasteiger partial charge is 0.277 e. The number of nitrogens with one attached hydrogen (secondary N) is 1. The van der Waals surface area contributed by atoms with E-state index < -0.39 is 10.2 Å². The normalized spacial score (nSPS) is 31.7. The number of likely N-dealkylation sites (tertiary alicyclic amines) is 1. The zero-order valence-electron chi connectivity index (χ0n) is 11.0. The third-order valence-corrected chi connectivity index (χ3v) is 5.11. The molecule has 0 aromatic rings. The Labute approximate surface area is 109 Å². The number of piperidine rings is 1. The van der Waals surface area contributed by atoms with E-state index in [1.54, 1.807) is 4.31 Å². The van der Waals surface area contributed by atoms with Gasteiger partial charge in [0.2, 0.25) is 0 Å². The molecule has 0 radical (unpaired) electrons. The van der Waals surface area contributed by atoms with Crippen LogP contribution in [-0.2, 0) is 14.9 Å². The number of rotatable bonds is 3. The van der Waals surface area contributed by atoms with Crippen molar-refractivity contribution in [1.82, 2.24) is 4.31 Å². The fourth-order valence-electron chi connectivity index (χ4n) is 3.12. The first-order valence-electron chi connectivity index (χ1n) is 6.69. The first-order valence-corrected chi connectivity index (χ1v) is 8.19. The van der Waals surface area contributed by atoms with Gasteiger partial charge in [0.1, 0.15) is 0 Å². The van der Waals surface area contributed by atoms with Gasteiger partial charge < -0.3 is 9.64 Å². The lowest BCUT2D eigenvalue weighted by molar-refractivity contribution is -0.886. The quantitative estimate of drug-likeness (QED) is 0.649. The molecule has 2 rings (SSSR count). The van der Waals surface area contributed by atoms with Crippen molar-refractivity contribution in [3.63, 3.8) is 0 Å². The van der Waals surface area contributed by atoms with Crippen LogP contribution in [0.1, 0.15) is 25.7 Å². The highest BCUT2D eigenvalue weighted by atomic mass is 32.2. The molecular formula is C11H24N3O3S+. The van der Waals surface area contributed by atoms with Gasteiger partial charge in [-0.1, -0.05) is 0 Å². The topological polar surface area (TPSA) is 77.1 Å². The second-order valence-electron chi connectivity index (χ2n) is 5.43. The van der Waals surface area contributed by atoms with Gasteiger partial charge in [0, 0.05) is 19.3 Å². The first kappa shape index (κ1) is 14.2. The van der Waals surface area contributed by atoms with Gasteiger partial charge in [-0.3, -0.25) is 0 Å². The van der Waals surface area contributed by atoms with Crippen LogP contribution in [0.2, 0.25) is 0 Å². The van der Waals surface area contributed by atoms with Gasteiger partial charge in [0.15, 0.2) is 0 Å². The number of hydrogen-bond donors (Lipinski definition) is 2. The van der Waals surface area contributed by atoms with Crippen LogP contribution in [0.5, 0.6) is 0 Å². The van der Waals surface area contributed by atoms with Crippen molar-refractivity contribution in [3.8, 4) is 0 Å². The zero-order chi connectivity index (χ0) is 13.2. The number of nitrogens with zero attached hydrogens (tertiary/aromatic N) is 1.